The van der Waals surface area contributed by atoms with E-state index in [0.29, 0.717) is 6.01 Å². The highest BCUT2D eigenvalue weighted by molar-refractivity contribution is 6.30. The topological polar surface area (TPSA) is 38.1 Å². The molecule has 1 unspecified atom stereocenters. The molecule has 0 aliphatic carbocycles. The Morgan fingerprint density at radius 3 is 2.79 bits per heavy atom. The van der Waals surface area contributed by atoms with E-state index in [9.17, 15) is 0 Å². The largest absolute Gasteiger partial charge is 0.424 e. The van der Waals surface area contributed by atoms with Gasteiger partial charge >= 0.3 is 0 Å². The first-order chi connectivity index (χ1) is 9.22. The van der Waals surface area contributed by atoms with Crippen molar-refractivity contribution in [3.8, 4) is 0 Å². The van der Waals surface area contributed by atoms with Crippen molar-refractivity contribution in [2.45, 2.75) is 13.0 Å². The van der Waals surface area contributed by atoms with Crippen LogP contribution in [0.1, 0.15) is 18.5 Å². The van der Waals surface area contributed by atoms with Gasteiger partial charge in [-0.1, -0.05) is 35.9 Å². The monoisotopic (exact) mass is 272 g/mol. The molecule has 3 aromatic rings. The normalized spacial score (nSPS) is 12.5. The van der Waals surface area contributed by atoms with Crippen LogP contribution in [0.5, 0.6) is 0 Å². The summed E-state index contributed by atoms with van der Waals surface area (Å²) >= 11 is 5.99. The second-order valence-corrected chi connectivity index (χ2v) is 4.84. The van der Waals surface area contributed by atoms with Crippen molar-refractivity contribution in [1.82, 2.24) is 4.98 Å². The number of hydrogen-bond donors (Lipinski definition) is 1. The molecular formula is C15H13ClN2O. The standard InChI is InChI=1S/C15H13ClN2O/c1-10(11-5-4-6-12(16)9-11)17-15-18-13-7-2-3-8-14(13)19-15/h2-10H,1H3,(H,17,18). The van der Waals surface area contributed by atoms with Gasteiger partial charge in [0.2, 0.25) is 0 Å². The van der Waals surface area contributed by atoms with Crippen LogP contribution in [0.15, 0.2) is 52.9 Å². The summed E-state index contributed by atoms with van der Waals surface area (Å²) in [6.45, 7) is 2.04. The number of oxazole rings is 1. The number of nitrogens with one attached hydrogen (secondary N) is 1. The van der Waals surface area contributed by atoms with Crippen LogP contribution in [-0.2, 0) is 0 Å². The van der Waals surface area contributed by atoms with Gasteiger partial charge in [0.15, 0.2) is 5.58 Å². The number of halogens is 1. The van der Waals surface area contributed by atoms with E-state index in [1.165, 1.54) is 0 Å². The lowest BCUT2D eigenvalue weighted by Gasteiger charge is -2.12. The van der Waals surface area contributed by atoms with Gasteiger partial charge in [-0.05, 0) is 36.8 Å². The van der Waals surface area contributed by atoms with Gasteiger partial charge in [-0.15, -0.1) is 0 Å². The van der Waals surface area contributed by atoms with E-state index in [0.717, 1.165) is 21.7 Å². The first-order valence-electron chi connectivity index (χ1n) is 6.10. The third kappa shape index (κ3) is 2.56. The second kappa shape index (κ2) is 4.94. The maximum atomic E-state index is 5.99. The van der Waals surface area contributed by atoms with Gasteiger partial charge in [-0.2, -0.15) is 4.98 Å². The van der Waals surface area contributed by atoms with Crippen LogP contribution >= 0.6 is 11.6 Å². The number of rotatable bonds is 3. The van der Waals surface area contributed by atoms with Gasteiger partial charge in [0, 0.05) is 5.02 Å². The molecule has 19 heavy (non-hydrogen) atoms. The van der Waals surface area contributed by atoms with Gasteiger partial charge < -0.3 is 9.73 Å². The maximum Gasteiger partial charge on any atom is 0.296 e. The Labute approximate surface area is 116 Å². The smallest absolute Gasteiger partial charge is 0.296 e. The Bertz CT molecular complexity index is 675. The Hall–Kier alpha value is -2.00. The molecule has 0 bridgehead atoms. The Balaban J connectivity index is 1.84. The minimum atomic E-state index is 0.0757. The molecule has 0 aliphatic rings. The van der Waals surface area contributed by atoms with Crippen molar-refractivity contribution in [2.24, 2.45) is 0 Å². The van der Waals surface area contributed by atoms with Crippen LogP contribution in [0.4, 0.5) is 6.01 Å². The summed E-state index contributed by atoms with van der Waals surface area (Å²) in [6, 6.07) is 16.0. The summed E-state index contributed by atoms with van der Waals surface area (Å²) in [5.41, 5.74) is 2.72. The van der Waals surface area contributed by atoms with Crippen LogP contribution in [-0.4, -0.2) is 4.98 Å². The van der Waals surface area contributed by atoms with E-state index >= 15 is 0 Å². The number of para-hydroxylation sites is 2. The highest BCUT2D eigenvalue weighted by Crippen LogP contribution is 2.24. The van der Waals surface area contributed by atoms with Crippen LogP contribution in [0.3, 0.4) is 0 Å². The van der Waals surface area contributed by atoms with Gasteiger partial charge in [-0.3, -0.25) is 0 Å². The van der Waals surface area contributed by atoms with Crippen LogP contribution in [0, 0.1) is 0 Å². The Morgan fingerprint density at radius 1 is 1.16 bits per heavy atom. The van der Waals surface area contributed by atoms with E-state index in [2.05, 4.69) is 10.3 Å². The molecule has 0 radical (unpaired) electrons. The summed E-state index contributed by atoms with van der Waals surface area (Å²) in [7, 11) is 0. The van der Waals surface area contributed by atoms with Crippen molar-refractivity contribution in [3.63, 3.8) is 0 Å². The predicted octanol–water partition coefficient (Wildman–Crippen LogP) is 4.65. The van der Waals surface area contributed by atoms with Crippen molar-refractivity contribution in [3.05, 3.63) is 59.1 Å². The summed E-state index contributed by atoms with van der Waals surface area (Å²) < 4.78 is 5.64. The van der Waals surface area contributed by atoms with E-state index in [4.69, 9.17) is 16.0 Å². The van der Waals surface area contributed by atoms with Gasteiger partial charge in [0.1, 0.15) is 5.52 Å². The minimum Gasteiger partial charge on any atom is -0.424 e. The third-order valence-electron chi connectivity index (χ3n) is 2.98. The summed E-state index contributed by atoms with van der Waals surface area (Å²) in [6.07, 6.45) is 0. The van der Waals surface area contributed by atoms with Crippen molar-refractivity contribution in [1.29, 1.82) is 0 Å². The predicted molar refractivity (Wildman–Crippen MR) is 77.5 cm³/mol. The average Bonchev–Trinajstić information content (AvgIpc) is 2.80. The number of nitrogens with zero attached hydrogens (tertiary/aromatic N) is 1. The number of fused-ring (bicyclic) bond motifs is 1. The van der Waals surface area contributed by atoms with Gasteiger partial charge in [-0.25, -0.2) is 0 Å². The Morgan fingerprint density at radius 2 is 2.00 bits per heavy atom. The summed E-state index contributed by atoms with van der Waals surface area (Å²) in [4.78, 5) is 4.39. The zero-order chi connectivity index (χ0) is 13.2. The molecule has 0 fully saturated rings. The molecular weight excluding hydrogens is 260 g/mol. The third-order valence-corrected chi connectivity index (χ3v) is 3.22. The molecule has 1 aromatic heterocycles. The Kier molecular flexibility index (Phi) is 3.13. The van der Waals surface area contributed by atoms with Crippen LogP contribution < -0.4 is 5.32 Å². The molecule has 0 saturated heterocycles. The van der Waals surface area contributed by atoms with E-state index < -0.39 is 0 Å². The molecule has 0 spiro atoms. The second-order valence-electron chi connectivity index (χ2n) is 4.41. The number of benzene rings is 2. The molecule has 1 atom stereocenters. The zero-order valence-corrected chi connectivity index (χ0v) is 11.2. The lowest BCUT2D eigenvalue weighted by Crippen LogP contribution is -2.06. The van der Waals surface area contributed by atoms with Crippen LogP contribution in [0.2, 0.25) is 5.02 Å². The quantitative estimate of drug-likeness (QED) is 0.754. The number of anilines is 1. The molecule has 0 amide bonds. The highest BCUT2D eigenvalue weighted by atomic mass is 35.5. The molecule has 1 heterocycles. The highest BCUT2D eigenvalue weighted by Gasteiger charge is 2.10. The lowest BCUT2D eigenvalue weighted by atomic mass is 10.1. The molecule has 1 N–H and O–H groups in total. The number of aromatic nitrogens is 1. The fourth-order valence-electron chi connectivity index (χ4n) is 1.98. The van der Waals surface area contributed by atoms with E-state index in [-0.39, 0.29) is 6.04 Å². The van der Waals surface area contributed by atoms with Crippen molar-refractivity contribution < 1.29 is 4.42 Å². The fraction of sp³-hybridized carbons (Fsp3) is 0.133. The maximum absolute atomic E-state index is 5.99. The minimum absolute atomic E-state index is 0.0757. The molecule has 3 nitrogen and oxygen atoms in total. The molecule has 3 rings (SSSR count). The van der Waals surface area contributed by atoms with E-state index in [1.54, 1.807) is 0 Å². The summed E-state index contributed by atoms with van der Waals surface area (Å²) in [5.74, 6) is 0. The SMILES string of the molecule is CC(Nc1nc2ccccc2o1)c1cccc(Cl)c1. The average molecular weight is 273 g/mol. The van der Waals surface area contributed by atoms with Crippen LogP contribution in [0.25, 0.3) is 11.1 Å². The number of hydrogen-bond acceptors (Lipinski definition) is 3. The van der Waals surface area contributed by atoms with Gasteiger partial charge in [0.05, 0.1) is 6.04 Å². The molecule has 96 valence electrons. The molecule has 0 saturated carbocycles. The van der Waals surface area contributed by atoms with Crippen molar-refractivity contribution in [2.75, 3.05) is 5.32 Å². The summed E-state index contributed by atoms with van der Waals surface area (Å²) in [5, 5.41) is 3.96. The molecule has 2 aromatic carbocycles. The van der Waals surface area contributed by atoms with E-state index in [1.807, 2.05) is 55.5 Å². The first-order valence-corrected chi connectivity index (χ1v) is 6.48. The molecule has 4 heteroatoms. The first kappa shape index (κ1) is 12.1. The lowest BCUT2D eigenvalue weighted by molar-refractivity contribution is 0.604. The van der Waals surface area contributed by atoms with Crippen molar-refractivity contribution >= 4 is 28.7 Å². The van der Waals surface area contributed by atoms with Gasteiger partial charge in [0.25, 0.3) is 6.01 Å². The zero-order valence-electron chi connectivity index (χ0n) is 10.4. The molecule has 0 aliphatic heterocycles. The fourth-order valence-corrected chi connectivity index (χ4v) is 2.18.